The fourth-order valence-corrected chi connectivity index (χ4v) is 3.05. The van der Waals surface area contributed by atoms with Crippen LogP contribution in [0.2, 0.25) is 0 Å². The molecule has 98 valence electrons. The molecular weight excluding hydrogens is 228 g/mol. The summed E-state index contributed by atoms with van der Waals surface area (Å²) in [6.07, 6.45) is 6.82. The average Bonchev–Trinajstić information content (AvgIpc) is 2.30. The molecular formula is C15H20O3. The van der Waals surface area contributed by atoms with Crippen LogP contribution in [0.15, 0.2) is 23.3 Å². The Morgan fingerprint density at radius 2 is 2.22 bits per heavy atom. The van der Waals surface area contributed by atoms with Crippen LogP contribution in [0.3, 0.4) is 0 Å². The zero-order chi connectivity index (χ0) is 13.5. The Kier molecular flexibility index (Phi) is 3.18. The number of hydrogen-bond acceptors (Lipinski definition) is 2. The van der Waals surface area contributed by atoms with Crippen LogP contribution in [0.4, 0.5) is 0 Å². The highest BCUT2D eigenvalue weighted by Crippen LogP contribution is 2.49. The molecule has 0 unspecified atom stereocenters. The molecule has 0 aromatic heterocycles. The van der Waals surface area contributed by atoms with Crippen molar-refractivity contribution in [1.82, 2.24) is 0 Å². The van der Waals surface area contributed by atoms with Crippen LogP contribution in [0.25, 0.3) is 0 Å². The molecule has 18 heavy (non-hydrogen) atoms. The van der Waals surface area contributed by atoms with Gasteiger partial charge in [-0.05, 0) is 38.2 Å². The Morgan fingerprint density at radius 3 is 2.83 bits per heavy atom. The highest BCUT2D eigenvalue weighted by atomic mass is 16.4. The molecule has 3 atom stereocenters. The summed E-state index contributed by atoms with van der Waals surface area (Å²) in [5, 5.41) is 9.08. The quantitative estimate of drug-likeness (QED) is 0.817. The standard InChI is InChI=1S/C15H20O3/c1-9-5-4-6-11-7-13(16)12(8-15(9,11)3)10(2)14(17)18/h7-10H,4-6H2,1-3H3,(H,17,18)/t9-,10+,15+/m0/s1. The first-order chi connectivity index (χ1) is 8.36. The van der Waals surface area contributed by atoms with E-state index in [0.717, 1.165) is 19.3 Å². The van der Waals surface area contributed by atoms with E-state index in [4.69, 9.17) is 5.11 Å². The molecule has 0 bridgehead atoms. The van der Waals surface area contributed by atoms with Gasteiger partial charge in [0.05, 0.1) is 5.92 Å². The van der Waals surface area contributed by atoms with Crippen LogP contribution in [0, 0.1) is 17.3 Å². The summed E-state index contributed by atoms with van der Waals surface area (Å²) < 4.78 is 0. The van der Waals surface area contributed by atoms with Gasteiger partial charge in [-0.15, -0.1) is 0 Å². The fraction of sp³-hybridized carbons (Fsp3) is 0.600. The number of aliphatic carboxylic acids is 1. The minimum Gasteiger partial charge on any atom is -0.481 e. The first kappa shape index (κ1) is 13.1. The van der Waals surface area contributed by atoms with E-state index in [-0.39, 0.29) is 11.2 Å². The first-order valence-corrected chi connectivity index (χ1v) is 6.57. The normalized spacial score (nSPS) is 33.3. The van der Waals surface area contributed by atoms with Gasteiger partial charge < -0.3 is 5.11 Å². The second-order valence-electron chi connectivity index (χ2n) is 5.77. The second-order valence-corrected chi connectivity index (χ2v) is 5.77. The Balaban J connectivity index is 2.43. The number of carbonyl (C=O) groups excluding carboxylic acids is 1. The number of carboxylic acids is 1. The zero-order valence-corrected chi connectivity index (χ0v) is 11.2. The highest BCUT2D eigenvalue weighted by Gasteiger charge is 2.40. The van der Waals surface area contributed by atoms with E-state index in [1.165, 1.54) is 5.57 Å². The molecule has 0 amide bonds. The molecule has 0 heterocycles. The van der Waals surface area contributed by atoms with Crippen molar-refractivity contribution in [3.63, 3.8) is 0 Å². The van der Waals surface area contributed by atoms with Gasteiger partial charge in [0.2, 0.25) is 0 Å². The molecule has 0 aliphatic heterocycles. The second kappa shape index (κ2) is 4.38. The van der Waals surface area contributed by atoms with Gasteiger partial charge in [-0.3, -0.25) is 9.59 Å². The topological polar surface area (TPSA) is 54.4 Å². The molecule has 3 nitrogen and oxygen atoms in total. The predicted molar refractivity (Wildman–Crippen MR) is 69.1 cm³/mol. The van der Waals surface area contributed by atoms with Crippen LogP contribution >= 0.6 is 0 Å². The van der Waals surface area contributed by atoms with E-state index in [1.807, 2.05) is 6.08 Å². The molecule has 0 radical (unpaired) electrons. The van der Waals surface area contributed by atoms with Crippen molar-refractivity contribution in [3.8, 4) is 0 Å². The molecule has 1 saturated carbocycles. The molecule has 2 aliphatic rings. The number of carbonyl (C=O) groups is 2. The minimum atomic E-state index is -0.932. The molecule has 1 fully saturated rings. The van der Waals surface area contributed by atoms with Gasteiger partial charge in [-0.25, -0.2) is 0 Å². The number of ketones is 1. The number of allylic oxidation sites excluding steroid dienone is 3. The maximum atomic E-state index is 12.0. The maximum Gasteiger partial charge on any atom is 0.310 e. The van der Waals surface area contributed by atoms with Crippen molar-refractivity contribution in [3.05, 3.63) is 23.3 Å². The molecule has 0 aromatic carbocycles. The monoisotopic (exact) mass is 248 g/mol. The lowest BCUT2D eigenvalue weighted by molar-refractivity contribution is -0.140. The SMILES string of the molecule is C[C@@H](C(=O)O)C1=C[C@@]2(C)C(=CC1=O)CCC[C@@H]2C. The minimum absolute atomic E-state index is 0.119. The van der Waals surface area contributed by atoms with Gasteiger partial charge in [-0.2, -0.15) is 0 Å². The third-order valence-corrected chi connectivity index (χ3v) is 4.68. The summed E-state index contributed by atoms with van der Waals surface area (Å²) >= 11 is 0. The van der Waals surface area contributed by atoms with Crippen molar-refractivity contribution in [2.45, 2.75) is 40.0 Å². The van der Waals surface area contributed by atoms with E-state index in [9.17, 15) is 9.59 Å². The summed E-state index contributed by atoms with van der Waals surface area (Å²) in [6, 6.07) is 0. The van der Waals surface area contributed by atoms with Crippen LogP contribution in [0.1, 0.15) is 40.0 Å². The summed E-state index contributed by atoms with van der Waals surface area (Å²) in [7, 11) is 0. The lowest BCUT2D eigenvalue weighted by Gasteiger charge is -2.42. The summed E-state index contributed by atoms with van der Waals surface area (Å²) in [6.45, 7) is 5.90. The number of hydrogen-bond donors (Lipinski definition) is 1. The molecule has 2 rings (SSSR count). The molecule has 0 aromatic rings. The summed E-state index contributed by atoms with van der Waals surface area (Å²) in [4.78, 5) is 23.1. The number of fused-ring (bicyclic) bond motifs is 1. The molecule has 3 heteroatoms. The maximum absolute atomic E-state index is 12.0. The Morgan fingerprint density at radius 1 is 1.56 bits per heavy atom. The first-order valence-electron chi connectivity index (χ1n) is 6.57. The van der Waals surface area contributed by atoms with Gasteiger partial charge in [0, 0.05) is 11.0 Å². The lowest BCUT2D eigenvalue weighted by Crippen LogP contribution is -2.35. The van der Waals surface area contributed by atoms with E-state index in [2.05, 4.69) is 13.8 Å². The summed E-state index contributed by atoms with van der Waals surface area (Å²) in [5.74, 6) is -1.31. The van der Waals surface area contributed by atoms with Gasteiger partial charge in [-0.1, -0.05) is 25.5 Å². The number of carboxylic acid groups (broad SMARTS) is 1. The molecule has 0 spiro atoms. The Labute approximate surface area is 108 Å². The van der Waals surface area contributed by atoms with Gasteiger partial charge in [0.1, 0.15) is 0 Å². The largest absolute Gasteiger partial charge is 0.481 e. The van der Waals surface area contributed by atoms with Crippen molar-refractivity contribution >= 4 is 11.8 Å². The van der Waals surface area contributed by atoms with Crippen molar-refractivity contribution in [1.29, 1.82) is 0 Å². The van der Waals surface area contributed by atoms with E-state index in [1.54, 1.807) is 13.0 Å². The third kappa shape index (κ3) is 1.92. The smallest absolute Gasteiger partial charge is 0.310 e. The van der Waals surface area contributed by atoms with Gasteiger partial charge >= 0.3 is 5.97 Å². The zero-order valence-electron chi connectivity index (χ0n) is 11.2. The van der Waals surface area contributed by atoms with E-state index >= 15 is 0 Å². The predicted octanol–water partition coefficient (Wildman–Crippen LogP) is 2.97. The molecule has 1 N–H and O–H groups in total. The highest BCUT2D eigenvalue weighted by molar-refractivity contribution is 6.08. The lowest BCUT2D eigenvalue weighted by atomic mass is 9.61. The van der Waals surface area contributed by atoms with Crippen molar-refractivity contribution in [2.75, 3.05) is 0 Å². The third-order valence-electron chi connectivity index (χ3n) is 4.68. The van der Waals surface area contributed by atoms with Crippen molar-refractivity contribution in [2.24, 2.45) is 17.3 Å². The van der Waals surface area contributed by atoms with Crippen molar-refractivity contribution < 1.29 is 14.7 Å². The molecule has 2 aliphatic carbocycles. The Bertz CT molecular complexity index is 458. The molecule has 0 saturated heterocycles. The van der Waals surface area contributed by atoms with E-state index in [0.29, 0.717) is 11.5 Å². The van der Waals surface area contributed by atoms with Gasteiger partial charge in [0.25, 0.3) is 0 Å². The van der Waals surface area contributed by atoms with Crippen LogP contribution in [-0.4, -0.2) is 16.9 Å². The van der Waals surface area contributed by atoms with Crippen LogP contribution in [-0.2, 0) is 9.59 Å². The van der Waals surface area contributed by atoms with Crippen LogP contribution in [0.5, 0.6) is 0 Å². The van der Waals surface area contributed by atoms with Crippen LogP contribution < -0.4 is 0 Å². The fourth-order valence-electron chi connectivity index (χ4n) is 3.05. The summed E-state index contributed by atoms with van der Waals surface area (Å²) in [5.41, 5.74) is 1.49. The number of rotatable bonds is 2. The van der Waals surface area contributed by atoms with E-state index < -0.39 is 11.9 Å². The average molecular weight is 248 g/mol. The Hall–Kier alpha value is -1.38. The van der Waals surface area contributed by atoms with Gasteiger partial charge in [0.15, 0.2) is 5.78 Å².